The van der Waals surface area contributed by atoms with Crippen LogP contribution in [0.1, 0.15) is 0 Å². The van der Waals surface area contributed by atoms with Gasteiger partial charge in [0.05, 0.1) is 7.05 Å². The van der Waals surface area contributed by atoms with Gasteiger partial charge in [-0.2, -0.15) is 4.91 Å². The number of rotatable bonds is 0. The lowest BCUT2D eigenvalue weighted by molar-refractivity contribution is -0.742. The highest BCUT2D eigenvalue weighted by Gasteiger charge is 1.65. The molecule has 0 rings (SSSR count). The van der Waals surface area contributed by atoms with Crippen LogP contribution in [0.2, 0.25) is 0 Å². The zero-order valence-electron chi connectivity index (χ0n) is 3.57. The Bertz CT molecular complexity index is 56.7. The van der Waals surface area contributed by atoms with Crippen LogP contribution < -0.4 is 0 Å². The molecule has 42 valence electrons. The van der Waals surface area contributed by atoms with Gasteiger partial charge in [-0.25, -0.2) is 0 Å². The summed E-state index contributed by atoms with van der Waals surface area (Å²) in [5.41, 5.74) is 0. The molecule has 0 fully saturated rings. The van der Waals surface area contributed by atoms with E-state index in [9.17, 15) is 0 Å². The van der Waals surface area contributed by atoms with Crippen LogP contribution >= 0.6 is 0 Å². The SMILES string of the molecule is CN=O.O=[N+]([O-])O. The Balaban J connectivity index is 0. The Morgan fingerprint density at radius 1 is 1.86 bits per heavy atom. The molecule has 0 aliphatic rings. The monoisotopic (exact) mass is 108 g/mol. The number of hydrogen-bond donors (Lipinski definition) is 1. The first-order valence-corrected chi connectivity index (χ1v) is 1.19. The minimum Gasteiger partial charge on any atom is -0.328 e. The van der Waals surface area contributed by atoms with Crippen molar-refractivity contribution in [1.82, 2.24) is 0 Å². The van der Waals surface area contributed by atoms with Gasteiger partial charge >= 0.3 is 0 Å². The van der Waals surface area contributed by atoms with Crippen LogP contribution in [-0.2, 0) is 0 Å². The average molecular weight is 108 g/mol. The van der Waals surface area contributed by atoms with Crippen molar-refractivity contribution in [2.75, 3.05) is 7.05 Å². The summed E-state index contributed by atoms with van der Waals surface area (Å²) in [6.07, 6.45) is 0. The first-order valence-electron chi connectivity index (χ1n) is 1.19. The molecule has 6 heteroatoms. The van der Waals surface area contributed by atoms with Gasteiger partial charge in [0.2, 0.25) is 0 Å². The van der Waals surface area contributed by atoms with E-state index in [1.807, 2.05) is 0 Å². The summed E-state index contributed by atoms with van der Waals surface area (Å²) in [5.74, 6) is 0. The van der Waals surface area contributed by atoms with E-state index in [1.165, 1.54) is 7.05 Å². The maximum atomic E-state index is 8.56. The van der Waals surface area contributed by atoms with Gasteiger partial charge < -0.3 is 5.21 Å². The van der Waals surface area contributed by atoms with Gasteiger partial charge in [0.1, 0.15) is 0 Å². The molecule has 0 bridgehead atoms. The molecule has 0 amide bonds. The summed E-state index contributed by atoms with van der Waals surface area (Å²) >= 11 is 0. The standard InChI is InChI=1S/CH3NO.HNO3/c1-2-3;2-1(3)4/h1H3;(H,2,3,4). The van der Waals surface area contributed by atoms with Gasteiger partial charge in [-0.1, -0.05) is 5.18 Å². The number of hydrogen-bond acceptors (Lipinski definition) is 4. The van der Waals surface area contributed by atoms with Gasteiger partial charge in [0, 0.05) is 0 Å². The number of nitrogens with zero attached hydrogens (tertiary/aromatic N) is 2. The molecule has 0 saturated carbocycles. The Hall–Kier alpha value is -1.20. The van der Waals surface area contributed by atoms with E-state index >= 15 is 0 Å². The predicted octanol–water partition coefficient (Wildman–Crippen LogP) is 0.0349. The Morgan fingerprint density at radius 2 is 1.86 bits per heavy atom. The Labute approximate surface area is 38.8 Å². The first-order chi connectivity index (χ1) is 3.15. The van der Waals surface area contributed by atoms with E-state index < -0.39 is 5.09 Å². The van der Waals surface area contributed by atoms with Gasteiger partial charge in [0.15, 0.2) is 0 Å². The topological polar surface area (TPSA) is 92.8 Å². The Morgan fingerprint density at radius 3 is 1.86 bits per heavy atom. The van der Waals surface area contributed by atoms with Crippen molar-refractivity contribution < 1.29 is 10.3 Å². The van der Waals surface area contributed by atoms with E-state index in [2.05, 4.69) is 5.18 Å². The molecular formula is CH4N2O4. The van der Waals surface area contributed by atoms with E-state index in [0.717, 1.165) is 0 Å². The third kappa shape index (κ3) is 26.1. The zero-order valence-corrected chi connectivity index (χ0v) is 3.57. The van der Waals surface area contributed by atoms with Gasteiger partial charge in [-0.3, -0.25) is 0 Å². The molecule has 0 heterocycles. The third-order valence-corrected chi connectivity index (χ3v) is 0. The molecule has 6 nitrogen and oxygen atoms in total. The summed E-state index contributed by atoms with van der Waals surface area (Å²) in [4.78, 5) is 16.9. The lowest BCUT2D eigenvalue weighted by Gasteiger charge is -1.56. The minimum absolute atomic E-state index is 1.19. The predicted molar refractivity (Wildman–Crippen MR) is 20.5 cm³/mol. The summed E-state index contributed by atoms with van der Waals surface area (Å²) in [7, 11) is 1.19. The van der Waals surface area contributed by atoms with Crippen LogP contribution in [0.3, 0.4) is 0 Å². The fourth-order valence-electron chi connectivity index (χ4n) is 0. The normalized spacial score (nSPS) is 5.29. The smallest absolute Gasteiger partial charge is 0.291 e. The lowest BCUT2D eigenvalue weighted by atomic mass is 11.6. The van der Waals surface area contributed by atoms with Crippen LogP contribution in [0.15, 0.2) is 5.18 Å². The van der Waals surface area contributed by atoms with Crippen LogP contribution in [0.5, 0.6) is 0 Å². The quantitative estimate of drug-likeness (QED) is 0.269. The molecule has 0 aliphatic carbocycles. The lowest BCUT2D eigenvalue weighted by Crippen LogP contribution is -1.81. The van der Waals surface area contributed by atoms with E-state index in [1.54, 1.807) is 0 Å². The molecule has 0 aromatic carbocycles. The number of nitroso groups, excluding NO2 is 1. The Kier molecular flexibility index (Phi) is 11.7. The fraction of sp³-hybridized carbons (Fsp3) is 1.00. The van der Waals surface area contributed by atoms with Gasteiger partial charge in [-0.15, -0.1) is 10.1 Å². The van der Waals surface area contributed by atoms with Crippen LogP contribution in [-0.4, -0.2) is 17.3 Å². The molecule has 0 saturated heterocycles. The molecule has 0 aromatic heterocycles. The summed E-state index contributed by atoms with van der Waals surface area (Å²) in [6.45, 7) is 0. The zero-order chi connectivity index (χ0) is 6.28. The highest BCUT2D eigenvalue weighted by atomic mass is 16.9. The van der Waals surface area contributed by atoms with Crippen LogP contribution in [0, 0.1) is 15.0 Å². The highest BCUT2D eigenvalue weighted by Crippen LogP contribution is 1.38. The molecule has 0 spiro atoms. The largest absolute Gasteiger partial charge is 0.328 e. The summed E-state index contributed by atoms with van der Waals surface area (Å²) in [5, 5.41) is 15.9. The summed E-state index contributed by atoms with van der Waals surface area (Å²) < 4.78 is 0. The van der Waals surface area contributed by atoms with Gasteiger partial charge in [-0.05, 0) is 0 Å². The fourth-order valence-corrected chi connectivity index (χ4v) is 0. The van der Waals surface area contributed by atoms with Crippen molar-refractivity contribution in [3.05, 3.63) is 15.0 Å². The van der Waals surface area contributed by atoms with Crippen molar-refractivity contribution in [3.63, 3.8) is 0 Å². The maximum Gasteiger partial charge on any atom is 0.291 e. The molecule has 0 atom stereocenters. The molecule has 7 heavy (non-hydrogen) atoms. The highest BCUT2D eigenvalue weighted by molar-refractivity contribution is 4.01. The van der Waals surface area contributed by atoms with Crippen molar-refractivity contribution >= 4 is 0 Å². The molecular weight excluding hydrogens is 104 g/mol. The maximum absolute atomic E-state index is 8.56. The van der Waals surface area contributed by atoms with Crippen molar-refractivity contribution in [3.8, 4) is 0 Å². The molecule has 0 aromatic rings. The first kappa shape index (κ1) is 9.25. The second-order valence-electron chi connectivity index (χ2n) is 0.420. The van der Waals surface area contributed by atoms with Gasteiger partial charge in [0.25, 0.3) is 5.09 Å². The summed E-state index contributed by atoms with van der Waals surface area (Å²) in [6, 6.07) is 0. The average Bonchev–Trinajstić information content (AvgIpc) is 1.33. The second-order valence-corrected chi connectivity index (χ2v) is 0.420. The van der Waals surface area contributed by atoms with Crippen LogP contribution in [0.4, 0.5) is 0 Å². The second kappa shape index (κ2) is 8.84. The van der Waals surface area contributed by atoms with E-state index in [-0.39, 0.29) is 0 Å². The molecule has 1 N–H and O–H groups in total. The molecule has 0 radical (unpaired) electrons. The van der Waals surface area contributed by atoms with E-state index in [4.69, 9.17) is 20.2 Å². The third-order valence-electron chi connectivity index (χ3n) is 0. The minimum atomic E-state index is -1.50. The van der Waals surface area contributed by atoms with Crippen molar-refractivity contribution in [1.29, 1.82) is 0 Å². The molecule has 0 unspecified atom stereocenters. The van der Waals surface area contributed by atoms with Crippen molar-refractivity contribution in [2.45, 2.75) is 0 Å². The van der Waals surface area contributed by atoms with Crippen LogP contribution in [0.25, 0.3) is 0 Å². The van der Waals surface area contributed by atoms with Crippen molar-refractivity contribution in [2.24, 2.45) is 5.18 Å². The van der Waals surface area contributed by atoms with E-state index in [0.29, 0.717) is 0 Å². The molecule has 0 aliphatic heterocycles.